The van der Waals surface area contributed by atoms with Crippen LogP contribution in [0.2, 0.25) is 0 Å². The molecule has 2 heterocycles. The van der Waals surface area contributed by atoms with Gasteiger partial charge in [-0.2, -0.15) is 0 Å². The Morgan fingerprint density at radius 2 is 1.71 bits per heavy atom. The highest BCUT2D eigenvalue weighted by molar-refractivity contribution is 5.99. The van der Waals surface area contributed by atoms with Crippen molar-refractivity contribution in [2.75, 3.05) is 18.4 Å². The first kappa shape index (κ1) is 34.1. The van der Waals surface area contributed by atoms with Crippen LogP contribution < -0.4 is 32.6 Å². The normalized spacial score (nSPS) is 21.5. The second-order valence-corrected chi connectivity index (χ2v) is 13.8. The molecule has 3 atom stereocenters. The van der Waals surface area contributed by atoms with Crippen LogP contribution in [0.5, 0.6) is 0 Å². The lowest BCUT2D eigenvalue weighted by molar-refractivity contribution is -0.130. The van der Waals surface area contributed by atoms with Crippen LogP contribution in [0.4, 0.5) is 5.69 Å². The summed E-state index contributed by atoms with van der Waals surface area (Å²) in [6, 6.07) is 18.5. The van der Waals surface area contributed by atoms with Gasteiger partial charge in [0.05, 0.1) is 10.9 Å². The molecule has 2 unspecified atom stereocenters. The molecule has 49 heavy (non-hydrogen) atoms. The number of piperidine rings is 1. The molecule has 1 saturated carbocycles. The number of nitrogens with one attached hydrogen (secondary N) is 6. The first-order valence-electron chi connectivity index (χ1n) is 17.4. The molecule has 3 aromatic carbocycles. The second kappa shape index (κ2) is 15.2. The zero-order valence-electron chi connectivity index (χ0n) is 28.2. The van der Waals surface area contributed by atoms with Crippen LogP contribution in [0, 0.1) is 18.8 Å². The summed E-state index contributed by atoms with van der Waals surface area (Å²) in [4.78, 5) is 52.0. The molecule has 1 saturated heterocycles. The molecule has 3 amide bonds. The largest absolute Gasteiger partial charge is 0.349 e. The fourth-order valence-corrected chi connectivity index (χ4v) is 7.22. The smallest absolute Gasteiger partial charge is 0.271 e. The summed E-state index contributed by atoms with van der Waals surface area (Å²) in [5.74, 6) is -0.222. The van der Waals surface area contributed by atoms with E-state index in [-0.39, 0.29) is 35.2 Å². The van der Waals surface area contributed by atoms with E-state index in [9.17, 15) is 19.2 Å². The van der Waals surface area contributed by atoms with Crippen LogP contribution in [0.3, 0.4) is 0 Å². The van der Waals surface area contributed by atoms with Crippen molar-refractivity contribution in [3.05, 3.63) is 87.7 Å². The van der Waals surface area contributed by atoms with Gasteiger partial charge in [0.1, 0.15) is 6.04 Å². The van der Waals surface area contributed by atoms with E-state index < -0.39 is 6.04 Å². The highest BCUT2D eigenvalue weighted by atomic mass is 16.2. The van der Waals surface area contributed by atoms with Crippen molar-refractivity contribution in [2.24, 2.45) is 17.6 Å². The molecule has 11 heteroatoms. The highest BCUT2D eigenvalue weighted by Crippen LogP contribution is 2.29. The average Bonchev–Trinajstić information content (AvgIpc) is 3.47. The number of fused-ring (bicyclic) bond motifs is 1. The summed E-state index contributed by atoms with van der Waals surface area (Å²) in [6.45, 7) is 5.67. The lowest BCUT2D eigenvalue weighted by Crippen LogP contribution is -2.48. The maximum Gasteiger partial charge on any atom is 0.271 e. The number of nitrogens with two attached hydrogens (primary N) is 1. The summed E-state index contributed by atoms with van der Waals surface area (Å²) >= 11 is 0. The molecule has 6 rings (SSSR count). The van der Waals surface area contributed by atoms with Gasteiger partial charge in [0.25, 0.3) is 11.5 Å². The molecule has 1 aliphatic carbocycles. The van der Waals surface area contributed by atoms with Crippen LogP contribution in [-0.2, 0) is 16.0 Å². The molecular weight excluding hydrogens is 618 g/mol. The zero-order chi connectivity index (χ0) is 34.5. The van der Waals surface area contributed by atoms with Crippen molar-refractivity contribution in [1.29, 1.82) is 0 Å². The SMILES string of the molecule is Cc1cc(C(=O)NC2CCNC(C)C2)ccc1-c1ccc(C[C@H](NC(=O)C2CCC(CN)CC2)C(=O)Nc2ccc3c(=O)[nH][nH]c3c2)cc1. The third kappa shape index (κ3) is 8.29. The maximum atomic E-state index is 13.7. The molecule has 11 nitrogen and oxygen atoms in total. The average molecular weight is 666 g/mol. The minimum atomic E-state index is -0.811. The Morgan fingerprint density at radius 1 is 0.939 bits per heavy atom. The van der Waals surface area contributed by atoms with Gasteiger partial charge in [0.2, 0.25) is 11.8 Å². The molecule has 8 N–H and O–H groups in total. The molecule has 258 valence electrons. The van der Waals surface area contributed by atoms with E-state index in [0.717, 1.165) is 67.3 Å². The van der Waals surface area contributed by atoms with E-state index in [1.54, 1.807) is 18.2 Å². The van der Waals surface area contributed by atoms with E-state index in [1.807, 2.05) is 49.4 Å². The number of H-pyrrole nitrogens is 2. The second-order valence-electron chi connectivity index (χ2n) is 13.8. The number of aryl methyl sites for hydroxylation is 1. The predicted octanol–water partition coefficient (Wildman–Crippen LogP) is 4.13. The van der Waals surface area contributed by atoms with Crippen molar-refractivity contribution in [2.45, 2.75) is 76.9 Å². The molecule has 0 bridgehead atoms. The number of amides is 3. The van der Waals surface area contributed by atoms with Gasteiger partial charge >= 0.3 is 0 Å². The number of hydrogen-bond donors (Lipinski definition) is 7. The number of carbonyl (C=O) groups is 3. The summed E-state index contributed by atoms with van der Waals surface area (Å²) in [7, 11) is 0. The monoisotopic (exact) mass is 665 g/mol. The van der Waals surface area contributed by atoms with Crippen LogP contribution in [0.15, 0.2) is 65.5 Å². The minimum absolute atomic E-state index is 0.0517. The number of anilines is 1. The first-order chi connectivity index (χ1) is 23.7. The standard InChI is InChI=1S/C38H47N7O4/c1-22-17-28(36(47)41-30-15-16-40-23(2)18-30)11-13-31(22)26-7-3-24(4-8-26)19-34(43-35(46)27-9-5-25(21-39)6-10-27)38(49)42-29-12-14-32-33(20-29)44-45-37(32)48/h3-4,7-8,11-14,17,20,23,25,27,30,34,40H,5-6,9-10,15-16,18-19,21,39H2,1-2H3,(H,41,47)(H,42,49)(H,43,46)(H2,44,45,48)/t23?,25?,27?,30?,34-/m0/s1. The number of carbonyl (C=O) groups excluding carboxylic acids is 3. The van der Waals surface area contributed by atoms with Gasteiger partial charge in [-0.05, 0) is 124 Å². The third-order valence-electron chi connectivity index (χ3n) is 10.2. The summed E-state index contributed by atoms with van der Waals surface area (Å²) in [5.41, 5.74) is 11.3. The van der Waals surface area contributed by atoms with Gasteiger partial charge in [-0.1, -0.05) is 30.3 Å². The molecule has 1 aromatic heterocycles. The van der Waals surface area contributed by atoms with Crippen LogP contribution in [0.25, 0.3) is 22.0 Å². The first-order valence-corrected chi connectivity index (χ1v) is 17.4. The molecular formula is C38H47N7O4. The van der Waals surface area contributed by atoms with Crippen LogP contribution in [0.1, 0.15) is 66.9 Å². The minimum Gasteiger partial charge on any atom is -0.349 e. The summed E-state index contributed by atoms with van der Waals surface area (Å²) in [5, 5.41) is 18.4. The predicted molar refractivity (Wildman–Crippen MR) is 192 cm³/mol. The summed E-state index contributed by atoms with van der Waals surface area (Å²) < 4.78 is 0. The van der Waals surface area contributed by atoms with Gasteiger partial charge in [-0.25, -0.2) is 0 Å². The number of hydrogen-bond acceptors (Lipinski definition) is 6. The van der Waals surface area contributed by atoms with Crippen molar-refractivity contribution in [3.63, 3.8) is 0 Å². The van der Waals surface area contributed by atoms with E-state index >= 15 is 0 Å². The van der Waals surface area contributed by atoms with E-state index in [4.69, 9.17) is 5.73 Å². The molecule has 0 radical (unpaired) electrons. The van der Waals surface area contributed by atoms with E-state index in [2.05, 4.69) is 38.4 Å². The van der Waals surface area contributed by atoms with Crippen molar-refractivity contribution in [3.8, 4) is 11.1 Å². The Kier molecular flexibility index (Phi) is 10.6. The summed E-state index contributed by atoms with van der Waals surface area (Å²) in [6.07, 6.45) is 5.47. The molecule has 1 aliphatic heterocycles. The van der Waals surface area contributed by atoms with Crippen LogP contribution in [-0.4, -0.2) is 59.1 Å². The fourth-order valence-electron chi connectivity index (χ4n) is 7.22. The number of aromatic amines is 2. The van der Waals surface area contributed by atoms with Gasteiger partial charge in [0, 0.05) is 35.7 Å². The Balaban J connectivity index is 1.15. The maximum absolute atomic E-state index is 13.7. The molecule has 4 aromatic rings. The Labute approximate surface area is 286 Å². The number of rotatable bonds is 10. The molecule has 2 fully saturated rings. The Morgan fingerprint density at radius 3 is 2.43 bits per heavy atom. The quantitative estimate of drug-likeness (QED) is 0.134. The van der Waals surface area contributed by atoms with Crippen molar-refractivity contribution < 1.29 is 14.4 Å². The van der Waals surface area contributed by atoms with Gasteiger partial charge in [-0.15, -0.1) is 0 Å². The lowest BCUT2D eigenvalue weighted by atomic mass is 9.81. The Hall–Kier alpha value is -4.74. The molecule has 2 aliphatic rings. The van der Waals surface area contributed by atoms with Crippen LogP contribution >= 0.6 is 0 Å². The highest BCUT2D eigenvalue weighted by Gasteiger charge is 2.29. The topological polar surface area (TPSA) is 174 Å². The number of benzene rings is 3. The van der Waals surface area contributed by atoms with Crippen molar-refractivity contribution in [1.82, 2.24) is 26.1 Å². The third-order valence-corrected chi connectivity index (χ3v) is 10.2. The number of aromatic nitrogens is 2. The lowest BCUT2D eigenvalue weighted by Gasteiger charge is -2.28. The molecule has 0 spiro atoms. The van der Waals surface area contributed by atoms with Crippen molar-refractivity contribution >= 4 is 34.3 Å². The Bertz CT molecular complexity index is 1860. The van der Waals surface area contributed by atoms with Gasteiger partial charge < -0.3 is 27.0 Å². The van der Waals surface area contributed by atoms with Gasteiger partial charge in [0.15, 0.2) is 0 Å². The van der Waals surface area contributed by atoms with Gasteiger partial charge in [-0.3, -0.25) is 29.4 Å². The zero-order valence-corrected chi connectivity index (χ0v) is 28.2. The fraction of sp³-hybridized carbons (Fsp3) is 0.421. The van der Waals surface area contributed by atoms with E-state index in [0.29, 0.717) is 47.1 Å². The van der Waals surface area contributed by atoms with E-state index in [1.165, 1.54) is 0 Å².